The SMILES string of the molecule is Cc1cc(N2C[C@H]3CC[C@@H](C2)[C@H]3Nc2nc(Oc3ccc(F)c(Cl)c3)n(C)n2)ncn1. The van der Waals surface area contributed by atoms with E-state index in [0.29, 0.717) is 35.6 Å². The Morgan fingerprint density at radius 1 is 1.16 bits per heavy atom. The minimum Gasteiger partial charge on any atom is -0.424 e. The van der Waals surface area contributed by atoms with Gasteiger partial charge in [0, 0.05) is 44.0 Å². The Balaban J connectivity index is 1.28. The van der Waals surface area contributed by atoms with Crippen LogP contribution in [0.3, 0.4) is 0 Å². The van der Waals surface area contributed by atoms with Gasteiger partial charge in [-0.15, -0.1) is 5.10 Å². The lowest BCUT2D eigenvalue weighted by Gasteiger charge is -2.38. The van der Waals surface area contributed by atoms with Crippen molar-refractivity contribution in [2.45, 2.75) is 25.8 Å². The van der Waals surface area contributed by atoms with Gasteiger partial charge in [-0.05, 0) is 43.7 Å². The first-order chi connectivity index (χ1) is 15.0. The predicted molar refractivity (Wildman–Crippen MR) is 115 cm³/mol. The van der Waals surface area contributed by atoms with E-state index in [1.54, 1.807) is 18.1 Å². The van der Waals surface area contributed by atoms with E-state index < -0.39 is 5.82 Å². The second-order valence-corrected chi connectivity index (χ2v) is 8.62. The average Bonchev–Trinajstić information content (AvgIpc) is 3.18. The van der Waals surface area contributed by atoms with Gasteiger partial charge in [-0.3, -0.25) is 0 Å². The summed E-state index contributed by atoms with van der Waals surface area (Å²) in [7, 11) is 1.76. The number of nitrogens with one attached hydrogen (secondary N) is 1. The number of anilines is 2. The first-order valence-corrected chi connectivity index (χ1v) is 10.7. The van der Waals surface area contributed by atoms with Gasteiger partial charge in [0.25, 0.3) is 0 Å². The molecule has 0 spiro atoms. The first kappa shape index (κ1) is 20.0. The van der Waals surface area contributed by atoms with Crippen molar-refractivity contribution >= 4 is 23.4 Å². The Morgan fingerprint density at radius 2 is 1.94 bits per heavy atom. The Labute approximate surface area is 184 Å². The summed E-state index contributed by atoms with van der Waals surface area (Å²) >= 11 is 5.84. The smallest absolute Gasteiger partial charge is 0.321 e. The lowest BCUT2D eigenvalue weighted by Crippen LogP contribution is -2.48. The zero-order valence-electron chi connectivity index (χ0n) is 17.3. The van der Waals surface area contributed by atoms with Crippen molar-refractivity contribution in [3.05, 3.63) is 47.1 Å². The van der Waals surface area contributed by atoms with Gasteiger partial charge in [0.15, 0.2) is 0 Å². The van der Waals surface area contributed by atoms with Gasteiger partial charge in [0.05, 0.1) is 5.02 Å². The minimum absolute atomic E-state index is 0.000216. The molecule has 1 aliphatic heterocycles. The zero-order valence-corrected chi connectivity index (χ0v) is 18.1. The van der Waals surface area contributed by atoms with Crippen LogP contribution in [0.1, 0.15) is 18.5 Å². The van der Waals surface area contributed by atoms with Crippen LogP contribution in [0.15, 0.2) is 30.6 Å². The molecule has 2 aromatic heterocycles. The van der Waals surface area contributed by atoms with Crippen LogP contribution in [0, 0.1) is 24.6 Å². The molecule has 2 bridgehead atoms. The second-order valence-electron chi connectivity index (χ2n) is 8.21. The Hall–Kier alpha value is -2.94. The number of fused-ring (bicyclic) bond motifs is 2. The topological polar surface area (TPSA) is 81.0 Å². The molecule has 2 fully saturated rings. The normalized spacial score (nSPS) is 22.6. The quantitative estimate of drug-likeness (QED) is 0.641. The van der Waals surface area contributed by atoms with Crippen LogP contribution in [0.2, 0.25) is 5.02 Å². The molecule has 1 N–H and O–H groups in total. The van der Waals surface area contributed by atoms with Gasteiger partial charge < -0.3 is 15.0 Å². The van der Waals surface area contributed by atoms with E-state index in [9.17, 15) is 4.39 Å². The van der Waals surface area contributed by atoms with Gasteiger partial charge in [-0.25, -0.2) is 19.0 Å². The van der Waals surface area contributed by atoms with E-state index >= 15 is 0 Å². The minimum atomic E-state index is -0.492. The molecule has 0 radical (unpaired) electrons. The highest BCUT2D eigenvalue weighted by Crippen LogP contribution is 2.39. The molecule has 3 heterocycles. The third-order valence-electron chi connectivity index (χ3n) is 6.07. The number of hydrogen-bond donors (Lipinski definition) is 1. The maximum Gasteiger partial charge on any atom is 0.321 e. The van der Waals surface area contributed by atoms with Crippen LogP contribution in [0.4, 0.5) is 16.2 Å². The van der Waals surface area contributed by atoms with Gasteiger partial charge in [0.2, 0.25) is 5.95 Å². The Kier molecular flexibility index (Phi) is 5.13. The van der Waals surface area contributed by atoms with E-state index in [4.69, 9.17) is 16.3 Å². The molecule has 1 saturated carbocycles. The molecule has 3 atom stereocenters. The Morgan fingerprint density at radius 3 is 2.65 bits per heavy atom. The summed E-state index contributed by atoms with van der Waals surface area (Å²) in [6.07, 6.45) is 3.95. The summed E-state index contributed by atoms with van der Waals surface area (Å²) in [5, 5.41) is 7.98. The third-order valence-corrected chi connectivity index (χ3v) is 6.36. The van der Waals surface area contributed by atoms with E-state index in [2.05, 4.69) is 30.3 Å². The zero-order chi connectivity index (χ0) is 21.5. The van der Waals surface area contributed by atoms with Crippen LogP contribution < -0.4 is 15.0 Å². The standard InChI is InChI=1S/C21H23ClFN7O/c1-12-7-18(25-11-24-12)30-9-13-3-4-14(10-30)19(13)26-20-27-21(29(2)28-20)31-15-5-6-17(23)16(22)8-15/h5-8,11,13-14,19H,3-4,9-10H2,1-2H3,(H,26,28)/t13-,14+,19+. The van der Waals surface area contributed by atoms with E-state index in [1.165, 1.54) is 18.2 Å². The number of nitrogens with zero attached hydrogens (tertiary/aromatic N) is 6. The highest BCUT2D eigenvalue weighted by atomic mass is 35.5. The summed E-state index contributed by atoms with van der Waals surface area (Å²) in [4.78, 5) is 15.5. The molecule has 1 aliphatic carbocycles. The Bertz CT molecular complexity index is 1090. The van der Waals surface area contributed by atoms with Crippen molar-refractivity contribution in [2.24, 2.45) is 18.9 Å². The van der Waals surface area contributed by atoms with Crippen molar-refractivity contribution in [1.29, 1.82) is 0 Å². The van der Waals surface area contributed by atoms with Gasteiger partial charge >= 0.3 is 6.01 Å². The molecule has 1 saturated heterocycles. The number of ether oxygens (including phenoxy) is 1. The number of aryl methyl sites for hydroxylation is 2. The molecule has 8 nitrogen and oxygen atoms in total. The fourth-order valence-corrected chi connectivity index (χ4v) is 4.74. The average molecular weight is 444 g/mol. The molecule has 0 unspecified atom stereocenters. The molecule has 10 heteroatoms. The molecule has 2 aliphatic rings. The maximum absolute atomic E-state index is 13.4. The fraction of sp³-hybridized carbons (Fsp3) is 0.429. The first-order valence-electron chi connectivity index (χ1n) is 10.3. The van der Waals surface area contributed by atoms with Gasteiger partial charge in [0.1, 0.15) is 23.7 Å². The number of aromatic nitrogens is 5. The van der Waals surface area contributed by atoms with Crippen molar-refractivity contribution < 1.29 is 9.13 Å². The van der Waals surface area contributed by atoms with Crippen LogP contribution >= 0.6 is 11.6 Å². The lowest BCUT2D eigenvalue weighted by atomic mass is 9.92. The maximum atomic E-state index is 13.4. The highest BCUT2D eigenvalue weighted by molar-refractivity contribution is 6.30. The fourth-order valence-electron chi connectivity index (χ4n) is 4.57. The number of piperidine rings is 1. The van der Waals surface area contributed by atoms with Gasteiger partial charge in [-0.2, -0.15) is 4.98 Å². The van der Waals surface area contributed by atoms with E-state index in [-0.39, 0.29) is 5.02 Å². The number of rotatable bonds is 5. The molecular weight excluding hydrogens is 421 g/mol. The monoisotopic (exact) mass is 443 g/mol. The van der Waals surface area contributed by atoms with E-state index in [1.807, 2.05) is 13.0 Å². The van der Waals surface area contributed by atoms with Crippen molar-refractivity contribution in [1.82, 2.24) is 24.7 Å². The summed E-state index contributed by atoms with van der Waals surface area (Å²) in [6.45, 7) is 3.87. The molecule has 3 aromatic rings. The van der Waals surface area contributed by atoms with Crippen LogP contribution in [-0.4, -0.2) is 43.9 Å². The molecule has 1 aromatic carbocycles. The number of benzene rings is 1. The highest BCUT2D eigenvalue weighted by Gasteiger charge is 2.43. The molecular formula is C21H23ClFN7O. The summed E-state index contributed by atoms with van der Waals surface area (Å²) in [5.41, 5.74) is 0.977. The second kappa shape index (κ2) is 7.96. The molecule has 5 rings (SSSR count). The lowest BCUT2D eigenvalue weighted by molar-refractivity contribution is 0.374. The predicted octanol–water partition coefficient (Wildman–Crippen LogP) is 3.83. The largest absolute Gasteiger partial charge is 0.424 e. The molecule has 0 amide bonds. The van der Waals surface area contributed by atoms with Crippen LogP contribution in [0.5, 0.6) is 11.8 Å². The third kappa shape index (κ3) is 4.01. The summed E-state index contributed by atoms with van der Waals surface area (Å²) < 4.78 is 20.7. The molecule has 162 valence electrons. The van der Waals surface area contributed by atoms with Crippen LogP contribution in [-0.2, 0) is 7.05 Å². The van der Waals surface area contributed by atoms with Crippen molar-refractivity contribution in [3.63, 3.8) is 0 Å². The number of hydrogen-bond acceptors (Lipinski definition) is 7. The number of halogens is 2. The van der Waals surface area contributed by atoms with E-state index in [0.717, 1.165) is 37.4 Å². The summed E-state index contributed by atoms with van der Waals surface area (Å²) in [5.74, 6) is 2.40. The van der Waals surface area contributed by atoms with Crippen LogP contribution in [0.25, 0.3) is 0 Å². The van der Waals surface area contributed by atoms with Crippen molar-refractivity contribution in [2.75, 3.05) is 23.3 Å². The van der Waals surface area contributed by atoms with Gasteiger partial charge in [-0.1, -0.05) is 11.6 Å². The molecule has 31 heavy (non-hydrogen) atoms. The van der Waals surface area contributed by atoms with Crippen molar-refractivity contribution in [3.8, 4) is 11.8 Å². The summed E-state index contributed by atoms with van der Waals surface area (Å²) in [6, 6.07) is 6.84.